The van der Waals surface area contributed by atoms with E-state index in [0.29, 0.717) is 55.1 Å². The first-order chi connectivity index (χ1) is 26.4. The van der Waals surface area contributed by atoms with E-state index in [2.05, 4.69) is 32.0 Å². The summed E-state index contributed by atoms with van der Waals surface area (Å²) in [5, 5.41) is 36.7. The lowest BCUT2D eigenvalue weighted by atomic mass is 9.71. The number of hydrogen-bond donors (Lipinski definition) is 3. The standard InChI is InChI=1S/C43H63NO11/c1-24-11-10-14-30-23-50-40-36(44-48)27(4)19-33(43(30,40)47)41(46)52-32-20-31(16-15-25(2)38(24)53-35-21-34(49-6)37(45)28(5)51-35)54-42(22-32)18-17-26(3)39(55-42)29-12-8-7-9-13-29/h10-11,14-15,19,24,26,28-29,31-35,37-40,45,47-48H,7-9,12-13,16-18,20-23H2,1-6H3/b11-10-,25-15-,30-14?,44-36-/t24-,26-,28-,31+,32-,33-,34-,35-,37-,38-,39-,40+,42+,43+/m0/s1. The van der Waals surface area contributed by atoms with Crippen LogP contribution in [-0.2, 0) is 38.0 Å². The Bertz CT molecular complexity index is 1550. The first-order valence-corrected chi connectivity index (χ1v) is 20.7. The van der Waals surface area contributed by atoms with Crippen LogP contribution in [0.1, 0.15) is 105 Å². The zero-order valence-electron chi connectivity index (χ0n) is 33.4. The molecule has 4 saturated heterocycles. The summed E-state index contributed by atoms with van der Waals surface area (Å²) in [6.45, 7) is 10.0. The number of ether oxygens (including phenoxy) is 7. The molecule has 7 rings (SSSR count). The smallest absolute Gasteiger partial charge is 0.316 e. The van der Waals surface area contributed by atoms with E-state index in [-0.39, 0.29) is 30.4 Å². The van der Waals surface area contributed by atoms with Crippen LogP contribution in [0.15, 0.2) is 52.3 Å². The van der Waals surface area contributed by atoms with E-state index in [1.807, 2.05) is 19.1 Å². The van der Waals surface area contributed by atoms with Crippen molar-refractivity contribution in [1.82, 2.24) is 0 Å². The fourth-order valence-corrected chi connectivity index (χ4v) is 10.4. The first kappa shape index (κ1) is 40.8. The summed E-state index contributed by atoms with van der Waals surface area (Å²) in [6, 6.07) is 0. The molecule has 2 bridgehead atoms. The minimum atomic E-state index is -1.83. The van der Waals surface area contributed by atoms with Crippen molar-refractivity contribution in [3.63, 3.8) is 0 Å². The van der Waals surface area contributed by atoms with E-state index in [1.165, 1.54) is 19.3 Å². The molecule has 0 aromatic heterocycles. The molecule has 0 unspecified atom stereocenters. The third kappa shape index (κ3) is 8.17. The van der Waals surface area contributed by atoms with Crippen molar-refractivity contribution in [3.8, 4) is 0 Å². The third-order valence-electron chi connectivity index (χ3n) is 13.6. The lowest BCUT2D eigenvalue weighted by molar-refractivity contribution is -0.342. The molecule has 0 aromatic rings. The fourth-order valence-electron chi connectivity index (χ4n) is 10.4. The highest BCUT2D eigenvalue weighted by Crippen LogP contribution is 2.48. The third-order valence-corrected chi connectivity index (χ3v) is 13.6. The van der Waals surface area contributed by atoms with Crippen LogP contribution in [0.2, 0.25) is 0 Å². The lowest BCUT2D eigenvalue weighted by Crippen LogP contribution is -2.57. The summed E-state index contributed by atoms with van der Waals surface area (Å²) < 4.78 is 45.1. The van der Waals surface area contributed by atoms with Crippen molar-refractivity contribution in [2.75, 3.05) is 13.7 Å². The monoisotopic (exact) mass is 769 g/mol. The highest BCUT2D eigenvalue weighted by molar-refractivity contribution is 6.06. The van der Waals surface area contributed by atoms with E-state index in [9.17, 15) is 20.2 Å². The van der Waals surface area contributed by atoms with Gasteiger partial charge in [0, 0.05) is 38.7 Å². The summed E-state index contributed by atoms with van der Waals surface area (Å²) in [5.41, 5.74) is 0.362. The number of esters is 1. The number of oxime groups is 1. The van der Waals surface area contributed by atoms with Crippen LogP contribution in [-0.4, -0.2) is 107 Å². The molecular formula is C43H63NO11. The van der Waals surface area contributed by atoms with Gasteiger partial charge in [0.2, 0.25) is 0 Å². The molecule has 1 saturated carbocycles. The van der Waals surface area contributed by atoms with E-state index < -0.39 is 66.2 Å². The second-order valence-electron chi connectivity index (χ2n) is 17.4. The zero-order valence-corrected chi connectivity index (χ0v) is 33.4. The van der Waals surface area contributed by atoms with Gasteiger partial charge in [-0.1, -0.05) is 68.6 Å². The van der Waals surface area contributed by atoms with Crippen LogP contribution >= 0.6 is 0 Å². The van der Waals surface area contributed by atoms with Gasteiger partial charge in [-0.25, -0.2) is 0 Å². The fraction of sp³-hybridized carbons (Fsp3) is 0.767. The van der Waals surface area contributed by atoms with E-state index in [1.54, 1.807) is 26.2 Å². The molecule has 0 amide bonds. The maximum atomic E-state index is 14.4. The van der Waals surface area contributed by atoms with Gasteiger partial charge in [0.15, 0.2) is 12.1 Å². The van der Waals surface area contributed by atoms with Gasteiger partial charge in [-0.2, -0.15) is 0 Å². The molecule has 306 valence electrons. The van der Waals surface area contributed by atoms with Crippen LogP contribution in [0.3, 0.4) is 0 Å². The van der Waals surface area contributed by atoms with E-state index in [0.717, 1.165) is 24.8 Å². The highest BCUT2D eigenvalue weighted by Gasteiger charge is 2.60. The predicted octanol–water partition coefficient (Wildman–Crippen LogP) is 6.07. The number of nitrogens with zero attached hydrogens (tertiary/aromatic N) is 1. The van der Waals surface area contributed by atoms with Crippen LogP contribution in [0.25, 0.3) is 0 Å². The zero-order chi connectivity index (χ0) is 39.1. The summed E-state index contributed by atoms with van der Waals surface area (Å²) in [4.78, 5) is 14.4. The number of aliphatic hydroxyl groups excluding tert-OH is 1. The van der Waals surface area contributed by atoms with Gasteiger partial charge in [-0.05, 0) is 75.0 Å². The number of rotatable bonds is 4. The van der Waals surface area contributed by atoms with Crippen molar-refractivity contribution >= 4 is 11.7 Å². The van der Waals surface area contributed by atoms with Crippen LogP contribution in [0.4, 0.5) is 0 Å². The van der Waals surface area contributed by atoms with Gasteiger partial charge in [0.05, 0.1) is 37.1 Å². The van der Waals surface area contributed by atoms with Crippen molar-refractivity contribution in [2.45, 2.75) is 172 Å². The largest absolute Gasteiger partial charge is 0.462 e. The minimum absolute atomic E-state index is 0.0359. The minimum Gasteiger partial charge on any atom is -0.462 e. The molecule has 5 heterocycles. The Hall–Kier alpha value is -2.42. The molecule has 12 nitrogen and oxygen atoms in total. The summed E-state index contributed by atoms with van der Waals surface area (Å²) in [5.74, 6) is -1.83. The second-order valence-corrected chi connectivity index (χ2v) is 17.4. The molecule has 1 spiro atoms. The maximum absolute atomic E-state index is 14.4. The normalized spacial score (nSPS) is 46.9. The van der Waals surface area contributed by atoms with Crippen LogP contribution in [0, 0.1) is 23.7 Å². The molecule has 5 aliphatic heterocycles. The van der Waals surface area contributed by atoms with Gasteiger partial charge >= 0.3 is 5.97 Å². The molecular weight excluding hydrogens is 706 g/mol. The Morgan fingerprint density at radius 3 is 2.55 bits per heavy atom. The van der Waals surface area contributed by atoms with Gasteiger partial charge in [0.1, 0.15) is 35.5 Å². The number of carbonyl (C=O) groups is 1. The molecule has 55 heavy (non-hydrogen) atoms. The number of hydrogen-bond acceptors (Lipinski definition) is 12. The Morgan fingerprint density at radius 2 is 1.80 bits per heavy atom. The number of carbonyl (C=O) groups excluding carboxylic acids is 1. The molecule has 5 fully saturated rings. The molecule has 7 aliphatic rings. The summed E-state index contributed by atoms with van der Waals surface area (Å²) >= 11 is 0. The Kier molecular flexibility index (Phi) is 12.5. The van der Waals surface area contributed by atoms with E-state index in [4.69, 9.17) is 33.2 Å². The van der Waals surface area contributed by atoms with Gasteiger partial charge in [-0.15, -0.1) is 0 Å². The van der Waals surface area contributed by atoms with Crippen molar-refractivity contribution < 1.29 is 53.4 Å². The van der Waals surface area contributed by atoms with Crippen molar-refractivity contribution in [2.24, 2.45) is 28.8 Å². The number of allylic oxidation sites excluding steroid dienone is 2. The van der Waals surface area contributed by atoms with Gasteiger partial charge in [0.25, 0.3) is 0 Å². The molecule has 14 atom stereocenters. The predicted molar refractivity (Wildman–Crippen MR) is 203 cm³/mol. The Labute approximate surface area is 325 Å². The molecule has 12 heteroatoms. The molecule has 2 aliphatic carbocycles. The number of aliphatic hydroxyl groups is 2. The SMILES string of the molecule is CO[C@H]1C[C@H](O[C@@H]2/C(C)=C\C[C@@H]3C[C@@H](C[C@]4(CC[C@H](C)[C@@H](C5CCCCC5)O4)O3)OC(=O)[C@@H]3C=C(C)/C(=N/O)[C@H]4OCC(=C/C=C\[C@@H]2C)[C@]43O)O[C@@H](C)[C@@H]1O. The Balaban J connectivity index is 1.25. The number of fused-ring (bicyclic) bond motifs is 2. The van der Waals surface area contributed by atoms with Crippen LogP contribution < -0.4 is 0 Å². The first-order valence-electron chi connectivity index (χ1n) is 20.7. The number of methoxy groups -OCH3 is 1. The molecule has 0 radical (unpaired) electrons. The van der Waals surface area contributed by atoms with Gasteiger partial charge < -0.3 is 48.6 Å². The lowest BCUT2D eigenvalue weighted by Gasteiger charge is -2.51. The maximum Gasteiger partial charge on any atom is 0.316 e. The van der Waals surface area contributed by atoms with Crippen molar-refractivity contribution in [3.05, 3.63) is 47.1 Å². The van der Waals surface area contributed by atoms with E-state index >= 15 is 0 Å². The topological polar surface area (TPSA) is 155 Å². The van der Waals surface area contributed by atoms with Gasteiger partial charge in [-0.3, -0.25) is 4.79 Å². The highest BCUT2D eigenvalue weighted by atomic mass is 16.7. The average molecular weight is 770 g/mol. The quantitative estimate of drug-likeness (QED) is 0.132. The summed E-state index contributed by atoms with van der Waals surface area (Å²) in [6.07, 6.45) is 14.4. The molecule has 0 aromatic carbocycles. The van der Waals surface area contributed by atoms with Crippen molar-refractivity contribution in [1.29, 1.82) is 0 Å². The average Bonchev–Trinajstić information content (AvgIpc) is 3.50. The summed E-state index contributed by atoms with van der Waals surface area (Å²) in [7, 11) is 1.59. The van der Waals surface area contributed by atoms with Crippen LogP contribution in [0.5, 0.6) is 0 Å². The second kappa shape index (κ2) is 16.8. The Morgan fingerprint density at radius 1 is 1.02 bits per heavy atom. The molecule has 3 N–H and O–H groups in total.